The third kappa shape index (κ3) is 2.33. The first-order valence-corrected chi connectivity index (χ1v) is 10.4. The number of anilines is 2. The van der Waals surface area contributed by atoms with Crippen LogP contribution >= 0.6 is 0 Å². The van der Waals surface area contributed by atoms with Crippen molar-refractivity contribution in [1.82, 2.24) is 5.01 Å². The zero-order valence-electron chi connectivity index (χ0n) is 16.4. The SMILES string of the molecule is O=C1C2C3c4ccccc4CCN3N(c3ccccc3)C2C(=O)N1c1ccccc1. The third-order valence-corrected chi connectivity index (χ3v) is 6.54. The average molecular weight is 395 g/mol. The minimum absolute atomic E-state index is 0.110. The predicted molar refractivity (Wildman–Crippen MR) is 115 cm³/mol. The Bertz CT molecular complexity index is 1130. The number of amides is 2. The van der Waals surface area contributed by atoms with E-state index >= 15 is 0 Å². The van der Waals surface area contributed by atoms with Crippen LogP contribution in [0.3, 0.4) is 0 Å². The Morgan fingerprint density at radius 3 is 2.03 bits per heavy atom. The normalized spacial score (nSPS) is 25.3. The van der Waals surface area contributed by atoms with Gasteiger partial charge >= 0.3 is 0 Å². The van der Waals surface area contributed by atoms with E-state index in [-0.39, 0.29) is 17.9 Å². The van der Waals surface area contributed by atoms with Gasteiger partial charge in [0.1, 0.15) is 6.04 Å². The van der Waals surface area contributed by atoms with Crippen LogP contribution in [0.2, 0.25) is 0 Å². The Kier molecular flexibility index (Phi) is 3.80. The van der Waals surface area contributed by atoms with Gasteiger partial charge in [-0.15, -0.1) is 0 Å². The number of hydrogen-bond acceptors (Lipinski definition) is 4. The first kappa shape index (κ1) is 17.4. The van der Waals surface area contributed by atoms with Crippen LogP contribution in [-0.4, -0.2) is 29.4 Å². The number of nitrogens with zero attached hydrogens (tertiary/aromatic N) is 3. The van der Waals surface area contributed by atoms with Crippen molar-refractivity contribution >= 4 is 23.2 Å². The molecule has 0 bridgehead atoms. The molecule has 2 fully saturated rings. The quantitative estimate of drug-likeness (QED) is 0.622. The summed E-state index contributed by atoms with van der Waals surface area (Å²) in [6, 6.07) is 26.9. The number of rotatable bonds is 2. The molecule has 3 atom stereocenters. The highest BCUT2D eigenvalue weighted by Gasteiger charge is 2.63. The van der Waals surface area contributed by atoms with Crippen LogP contribution in [0, 0.1) is 5.92 Å². The van der Waals surface area contributed by atoms with Gasteiger partial charge in [-0.1, -0.05) is 60.7 Å². The molecular weight excluding hydrogens is 374 g/mol. The molecule has 3 aliphatic rings. The van der Waals surface area contributed by atoms with Gasteiger partial charge in [-0.05, 0) is 41.8 Å². The maximum absolute atomic E-state index is 13.7. The van der Waals surface area contributed by atoms with E-state index in [4.69, 9.17) is 0 Å². The van der Waals surface area contributed by atoms with E-state index in [0.717, 1.165) is 24.2 Å². The van der Waals surface area contributed by atoms with Crippen LogP contribution < -0.4 is 9.91 Å². The molecule has 3 heterocycles. The number of carbonyl (C=O) groups excluding carboxylic acids is 2. The van der Waals surface area contributed by atoms with Crippen LogP contribution in [0.4, 0.5) is 11.4 Å². The summed E-state index contributed by atoms with van der Waals surface area (Å²) in [7, 11) is 0. The molecule has 0 aliphatic carbocycles. The van der Waals surface area contributed by atoms with E-state index in [0.29, 0.717) is 5.69 Å². The highest BCUT2D eigenvalue weighted by molar-refractivity contribution is 6.25. The molecule has 3 aromatic rings. The van der Waals surface area contributed by atoms with Gasteiger partial charge in [-0.3, -0.25) is 14.6 Å². The van der Waals surface area contributed by atoms with Gasteiger partial charge in [0.15, 0.2) is 0 Å². The fourth-order valence-corrected chi connectivity index (χ4v) is 5.33. The lowest BCUT2D eigenvalue weighted by atomic mass is 9.85. The molecule has 0 radical (unpaired) electrons. The van der Waals surface area contributed by atoms with Crippen LogP contribution in [0.15, 0.2) is 84.9 Å². The Morgan fingerprint density at radius 2 is 1.30 bits per heavy atom. The number of benzene rings is 3. The minimum atomic E-state index is -0.531. The molecule has 5 nitrogen and oxygen atoms in total. The number of imide groups is 1. The summed E-state index contributed by atoms with van der Waals surface area (Å²) in [4.78, 5) is 28.8. The Hall–Kier alpha value is -3.44. The van der Waals surface area contributed by atoms with Gasteiger partial charge in [0.25, 0.3) is 5.91 Å². The second-order valence-electron chi connectivity index (χ2n) is 8.05. The van der Waals surface area contributed by atoms with E-state index in [1.54, 1.807) is 0 Å². The number of carbonyl (C=O) groups is 2. The Labute approximate surface area is 175 Å². The molecule has 0 N–H and O–H groups in total. The highest BCUT2D eigenvalue weighted by atomic mass is 16.2. The van der Waals surface area contributed by atoms with Crippen molar-refractivity contribution in [1.29, 1.82) is 0 Å². The number of fused-ring (bicyclic) bond motifs is 5. The molecule has 148 valence electrons. The van der Waals surface area contributed by atoms with Crippen molar-refractivity contribution in [3.05, 3.63) is 96.1 Å². The zero-order valence-corrected chi connectivity index (χ0v) is 16.4. The number of hydrogen-bond donors (Lipinski definition) is 0. The van der Waals surface area contributed by atoms with Gasteiger partial charge < -0.3 is 0 Å². The standard InChI is InChI=1S/C25H21N3O2/c29-24-21-22-20-14-8-7-9-17(20)15-16-26(22)28(19-12-5-2-6-13-19)23(21)25(30)27(24)18-10-3-1-4-11-18/h1-14,21-23H,15-16H2. The number of para-hydroxylation sites is 2. The van der Waals surface area contributed by atoms with Crippen molar-refractivity contribution in [2.24, 2.45) is 5.92 Å². The molecule has 30 heavy (non-hydrogen) atoms. The predicted octanol–water partition coefficient (Wildman–Crippen LogP) is 3.58. The Balaban J connectivity index is 1.53. The average Bonchev–Trinajstić information content (AvgIpc) is 3.28. The van der Waals surface area contributed by atoms with Crippen LogP contribution in [0.25, 0.3) is 0 Å². The van der Waals surface area contributed by atoms with E-state index in [1.165, 1.54) is 10.5 Å². The summed E-state index contributed by atoms with van der Waals surface area (Å²) in [6.07, 6.45) is 0.903. The molecule has 3 unspecified atom stereocenters. The fraction of sp³-hybridized carbons (Fsp3) is 0.200. The summed E-state index contributed by atoms with van der Waals surface area (Å²) < 4.78 is 0. The molecular formula is C25H21N3O2. The summed E-state index contributed by atoms with van der Waals surface area (Å²) in [5.41, 5.74) is 4.02. The van der Waals surface area contributed by atoms with Gasteiger partial charge in [0, 0.05) is 6.54 Å². The molecule has 3 aromatic carbocycles. The molecule has 2 amide bonds. The first-order chi connectivity index (χ1) is 14.8. The smallest absolute Gasteiger partial charge is 0.258 e. The summed E-state index contributed by atoms with van der Waals surface area (Å²) in [5.74, 6) is -0.687. The van der Waals surface area contributed by atoms with Crippen molar-refractivity contribution in [3.8, 4) is 0 Å². The largest absolute Gasteiger partial charge is 0.292 e. The summed E-state index contributed by atoms with van der Waals surface area (Å²) in [6.45, 7) is 0.787. The first-order valence-electron chi connectivity index (χ1n) is 10.4. The second kappa shape index (κ2) is 6.54. The zero-order chi connectivity index (χ0) is 20.2. The Morgan fingerprint density at radius 1 is 0.667 bits per heavy atom. The molecule has 5 heteroatoms. The van der Waals surface area contributed by atoms with E-state index in [9.17, 15) is 9.59 Å². The van der Waals surface area contributed by atoms with Crippen molar-refractivity contribution < 1.29 is 9.59 Å². The van der Waals surface area contributed by atoms with E-state index < -0.39 is 12.0 Å². The minimum Gasteiger partial charge on any atom is -0.292 e. The van der Waals surface area contributed by atoms with Crippen LogP contribution in [0.1, 0.15) is 17.2 Å². The maximum atomic E-state index is 13.7. The highest BCUT2D eigenvalue weighted by Crippen LogP contribution is 2.50. The molecule has 0 saturated carbocycles. The lowest BCUT2D eigenvalue weighted by Crippen LogP contribution is -2.49. The molecule has 0 spiro atoms. The van der Waals surface area contributed by atoms with E-state index in [1.807, 2.05) is 72.8 Å². The molecule has 3 aliphatic heterocycles. The molecule has 2 saturated heterocycles. The summed E-state index contributed by atoms with van der Waals surface area (Å²) in [5, 5.41) is 4.32. The van der Waals surface area contributed by atoms with Crippen molar-refractivity contribution in [2.45, 2.75) is 18.5 Å². The lowest BCUT2D eigenvalue weighted by Gasteiger charge is -2.40. The fourth-order valence-electron chi connectivity index (χ4n) is 5.33. The van der Waals surface area contributed by atoms with Crippen LogP contribution in [-0.2, 0) is 16.0 Å². The maximum Gasteiger partial charge on any atom is 0.258 e. The van der Waals surface area contributed by atoms with Crippen LogP contribution in [0.5, 0.6) is 0 Å². The van der Waals surface area contributed by atoms with Gasteiger partial charge in [-0.2, -0.15) is 0 Å². The topological polar surface area (TPSA) is 43.9 Å². The molecule has 0 aromatic heterocycles. The van der Waals surface area contributed by atoms with E-state index in [2.05, 4.69) is 22.2 Å². The second-order valence-corrected chi connectivity index (χ2v) is 8.05. The van der Waals surface area contributed by atoms with Crippen molar-refractivity contribution in [3.63, 3.8) is 0 Å². The van der Waals surface area contributed by atoms with Gasteiger partial charge in [-0.25, -0.2) is 9.91 Å². The van der Waals surface area contributed by atoms with Gasteiger partial charge in [0.2, 0.25) is 5.91 Å². The molecule has 6 rings (SSSR count). The number of hydrazine groups is 1. The lowest BCUT2D eigenvalue weighted by molar-refractivity contribution is -0.123. The van der Waals surface area contributed by atoms with Gasteiger partial charge in [0.05, 0.1) is 23.3 Å². The van der Waals surface area contributed by atoms with Crippen molar-refractivity contribution in [2.75, 3.05) is 16.5 Å². The third-order valence-electron chi connectivity index (χ3n) is 6.54. The summed E-state index contributed by atoms with van der Waals surface area (Å²) >= 11 is 0. The monoisotopic (exact) mass is 395 g/mol.